The van der Waals surface area contributed by atoms with E-state index in [4.69, 9.17) is 0 Å². The Labute approximate surface area is 107 Å². The molecule has 0 fully saturated rings. The van der Waals surface area contributed by atoms with Gasteiger partial charge in [0, 0.05) is 5.56 Å². The second-order valence-corrected chi connectivity index (χ2v) is 4.99. The highest BCUT2D eigenvalue weighted by atomic mass is 16.4. The molecule has 0 unspecified atom stereocenters. The molecule has 4 nitrogen and oxygen atoms in total. The van der Waals surface area contributed by atoms with Crippen LogP contribution in [-0.4, -0.2) is 23.0 Å². The van der Waals surface area contributed by atoms with E-state index in [1.807, 2.05) is 38.1 Å². The van der Waals surface area contributed by atoms with Gasteiger partial charge in [-0.15, -0.1) is 0 Å². The van der Waals surface area contributed by atoms with Crippen LogP contribution in [0.4, 0.5) is 0 Å². The smallest absolute Gasteiger partial charge is 0.326 e. The molecule has 0 bridgehead atoms. The van der Waals surface area contributed by atoms with Gasteiger partial charge in [0.25, 0.3) is 0 Å². The van der Waals surface area contributed by atoms with Crippen LogP contribution in [0.1, 0.15) is 31.4 Å². The Hall–Kier alpha value is -1.84. The van der Waals surface area contributed by atoms with Crippen molar-refractivity contribution in [2.45, 2.75) is 32.9 Å². The third kappa shape index (κ3) is 2.70. The number of benzene rings is 1. The van der Waals surface area contributed by atoms with Crippen molar-refractivity contribution in [2.24, 2.45) is 10.9 Å². The molecular formula is C14H18N2O2. The summed E-state index contributed by atoms with van der Waals surface area (Å²) in [6, 6.07) is 7.34. The predicted octanol–water partition coefficient (Wildman–Crippen LogP) is 2.04. The summed E-state index contributed by atoms with van der Waals surface area (Å²) < 4.78 is 0. The fraction of sp³-hybridized carbons (Fsp3) is 0.429. The number of aliphatic imine (C=N–C) groups is 1. The zero-order chi connectivity index (χ0) is 13.1. The largest absolute Gasteiger partial charge is 0.480 e. The molecule has 0 aliphatic carbocycles. The van der Waals surface area contributed by atoms with E-state index >= 15 is 0 Å². The van der Waals surface area contributed by atoms with E-state index in [-0.39, 0.29) is 0 Å². The lowest BCUT2D eigenvalue weighted by molar-refractivity contribution is -0.139. The quantitative estimate of drug-likeness (QED) is 0.854. The molecule has 0 radical (unpaired) electrons. The summed E-state index contributed by atoms with van der Waals surface area (Å²) in [4.78, 5) is 15.6. The summed E-state index contributed by atoms with van der Waals surface area (Å²) in [6.45, 7) is 4.66. The first-order valence-corrected chi connectivity index (χ1v) is 6.20. The molecule has 18 heavy (non-hydrogen) atoms. The number of carboxylic acid groups (broad SMARTS) is 1. The lowest BCUT2D eigenvalue weighted by atomic mass is 10.0. The van der Waals surface area contributed by atoms with Crippen LogP contribution in [0.5, 0.6) is 0 Å². The van der Waals surface area contributed by atoms with Crippen LogP contribution < -0.4 is 5.32 Å². The van der Waals surface area contributed by atoms with Gasteiger partial charge in [0.15, 0.2) is 0 Å². The van der Waals surface area contributed by atoms with Gasteiger partial charge in [0.1, 0.15) is 11.9 Å². The fourth-order valence-corrected chi connectivity index (χ4v) is 2.12. The number of rotatable bonds is 4. The van der Waals surface area contributed by atoms with E-state index in [2.05, 4.69) is 10.3 Å². The summed E-state index contributed by atoms with van der Waals surface area (Å²) in [5, 5.41) is 12.3. The van der Waals surface area contributed by atoms with Crippen LogP contribution in [0.2, 0.25) is 0 Å². The third-order valence-electron chi connectivity index (χ3n) is 3.00. The highest BCUT2D eigenvalue weighted by Gasteiger charge is 2.23. The van der Waals surface area contributed by atoms with Gasteiger partial charge in [-0.1, -0.05) is 38.1 Å². The summed E-state index contributed by atoms with van der Waals surface area (Å²) in [5.41, 5.74) is 2.17. The Balaban J connectivity index is 2.12. The van der Waals surface area contributed by atoms with Gasteiger partial charge in [0.05, 0.1) is 6.54 Å². The van der Waals surface area contributed by atoms with Crippen LogP contribution in [0, 0.1) is 5.92 Å². The lowest BCUT2D eigenvalue weighted by Crippen LogP contribution is -2.41. The standard InChI is InChI=1S/C14H18N2O2/c1-9(2)7-12(14(17)18)16-13-11-6-4-3-5-10(11)8-15-13/h3-6,9,12H,7-8H2,1-2H3,(H,15,16)(H,17,18)/t12-/m0/s1. The van der Waals surface area contributed by atoms with Crippen molar-refractivity contribution in [3.8, 4) is 0 Å². The summed E-state index contributed by atoms with van der Waals surface area (Å²) in [5.74, 6) is 0.213. The van der Waals surface area contributed by atoms with Crippen molar-refractivity contribution < 1.29 is 9.90 Å². The van der Waals surface area contributed by atoms with Crippen molar-refractivity contribution in [3.05, 3.63) is 35.4 Å². The topological polar surface area (TPSA) is 61.7 Å². The highest BCUT2D eigenvalue weighted by Crippen LogP contribution is 2.18. The number of hydrogen-bond acceptors (Lipinski definition) is 3. The highest BCUT2D eigenvalue weighted by molar-refractivity contribution is 6.03. The van der Waals surface area contributed by atoms with Crippen LogP contribution in [0.3, 0.4) is 0 Å². The number of nitrogens with zero attached hydrogens (tertiary/aromatic N) is 1. The van der Waals surface area contributed by atoms with Crippen LogP contribution in [0.25, 0.3) is 0 Å². The minimum absolute atomic E-state index is 0.329. The first kappa shape index (κ1) is 12.6. The van der Waals surface area contributed by atoms with E-state index < -0.39 is 12.0 Å². The second kappa shape index (κ2) is 5.21. The minimum atomic E-state index is -0.823. The number of amidine groups is 1. The van der Waals surface area contributed by atoms with Gasteiger partial charge in [0.2, 0.25) is 0 Å². The molecule has 1 heterocycles. The number of nitrogens with one attached hydrogen (secondary N) is 1. The van der Waals surface area contributed by atoms with Gasteiger partial charge >= 0.3 is 5.97 Å². The number of aliphatic carboxylic acids is 1. The van der Waals surface area contributed by atoms with Crippen LogP contribution in [0.15, 0.2) is 29.3 Å². The Morgan fingerprint density at radius 2 is 2.17 bits per heavy atom. The minimum Gasteiger partial charge on any atom is -0.480 e. The summed E-state index contributed by atoms with van der Waals surface area (Å²) in [6.07, 6.45) is 0.594. The fourth-order valence-electron chi connectivity index (χ4n) is 2.12. The molecule has 0 saturated heterocycles. The molecule has 1 aromatic carbocycles. The molecular weight excluding hydrogens is 228 g/mol. The maximum absolute atomic E-state index is 11.2. The number of hydrogen-bond donors (Lipinski definition) is 2. The van der Waals surface area contributed by atoms with Gasteiger partial charge < -0.3 is 10.4 Å². The molecule has 96 valence electrons. The van der Waals surface area contributed by atoms with E-state index in [9.17, 15) is 9.90 Å². The summed E-state index contributed by atoms with van der Waals surface area (Å²) in [7, 11) is 0. The predicted molar refractivity (Wildman–Crippen MR) is 70.7 cm³/mol. The molecule has 2 N–H and O–H groups in total. The average Bonchev–Trinajstić information content (AvgIpc) is 2.71. The van der Waals surface area contributed by atoms with Gasteiger partial charge in [-0.2, -0.15) is 0 Å². The molecule has 1 aromatic rings. The lowest BCUT2D eigenvalue weighted by Gasteiger charge is -2.17. The van der Waals surface area contributed by atoms with E-state index in [0.717, 1.165) is 11.1 Å². The Morgan fingerprint density at radius 1 is 1.44 bits per heavy atom. The number of fused-ring (bicyclic) bond motifs is 1. The third-order valence-corrected chi connectivity index (χ3v) is 3.00. The van der Waals surface area contributed by atoms with E-state index in [0.29, 0.717) is 24.7 Å². The SMILES string of the molecule is CC(C)C[C@H](NC1=NCc2ccccc21)C(=O)O. The normalized spacial score (nSPS) is 15.2. The van der Waals surface area contributed by atoms with Gasteiger partial charge in [-0.05, 0) is 17.9 Å². The monoisotopic (exact) mass is 246 g/mol. The van der Waals surface area contributed by atoms with Crippen molar-refractivity contribution in [2.75, 3.05) is 0 Å². The number of carbonyl (C=O) groups is 1. The van der Waals surface area contributed by atoms with Crippen LogP contribution >= 0.6 is 0 Å². The molecule has 0 saturated carbocycles. The van der Waals surface area contributed by atoms with Crippen LogP contribution in [-0.2, 0) is 11.3 Å². The van der Waals surface area contributed by atoms with Gasteiger partial charge in [-0.3, -0.25) is 4.99 Å². The maximum atomic E-state index is 11.2. The molecule has 0 amide bonds. The summed E-state index contributed by atoms with van der Waals surface area (Å²) >= 11 is 0. The first-order chi connectivity index (χ1) is 8.58. The van der Waals surface area contributed by atoms with Crippen molar-refractivity contribution in [1.82, 2.24) is 5.32 Å². The molecule has 1 aliphatic rings. The second-order valence-electron chi connectivity index (χ2n) is 4.99. The maximum Gasteiger partial charge on any atom is 0.326 e. The van der Waals surface area contributed by atoms with Gasteiger partial charge in [-0.25, -0.2) is 4.79 Å². The zero-order valence-corrected chi connectivity index (χ0v) is 10.7. The zero-order valence-electron chi connectivity index (χ0n) is 10.7. The molecule has 4 heteroatoms. The first-order valence-electron chi connectivity index (χ1n) is 6.20. The Bertz CT molecular complexity index is 480. The molecule has 0 aromatic heterocycles. The molecule has 1 aliphatic heterocycles. The van der Waals surface area contributed by atoms with Crippen molar-refractivity contribution in [1.29, 1.82) is 0 Å². The molecule has 0 spiro atoms. The van der Waals surface area contributed by atoms with E-state index in [1.54, 1.807) is 0 Å². The molecule has 2 rings (SSSR count). The van der Waals surface area contributed by atoms with E-state index in [1.165, 1.54) is 0 Å². The van der Waals surface area contributed by atoms with Crippen molar-refractivity contribution in [3.63, 3.8) is 0 Å². The Morgan fingerprint density at radius 3 is 2.83 bits per heavy atom. The average molecular weight is 246 g/mol. The van der Waals surface area contributed by atoms with Crippen molar-refractivity contribution >= 4 is 11.8 Å². The Kier molecular flexibility index (Phi) is 3.65. The number of carboxylic acids is 1. The molecule has 1 atom stereocenters.